The smallest absolute Gasteiger partial charge is 0.253 e. The molecular weight excluding hydrogens is 423 g/mol. The molecule has 0 radical (unpaired) electrons. The maximum absolute atomic E-state index is 14.5. The van der Waals surface area contributed by atoms with Crippen LogP contribution in [0.25, 0.3) is 16.8 Å². The lowest BCUT2D eigenvalue weighted by Gasteiger charge is -2.14. The SMILES string of the molecule is Cc1ncc(-c2ccn3nc(N)nc3c2)cc1C(=O)NCc1c(F)cccc1OCC1CC1. The molecule has 0 aliphatic heterocycles. The predicted molar refractivity (Wildman–Crippen MR) is 121 cm³/mol. The molecular formula is C24H23FN6O2. The molecule has 168 valence electrons. The Labute approximate surface area is 189 Å². The Morgan fingerprint density at radius 2 is 2.12 bits per heavy atom. The van der Waals surface area contributed by atoms with Crippen LogP contribution in [0.2, 0.25) is 0 Å². The standard InChI is InChI=1S/C24H23FN6O2/c1-14-18(9-17(11-27-14)16-7-8-31-22(10-16)29-24(26)30-31)23(32)28-12-19-20(25)3-2-4-21(19)33-13-15-5-6-15/h2-4,7-11,15H,5-6,12-13H2,1H3,(H2,26,30)(H,28,32). The fourth-order valence-corrected chi connectivity index (χ4v) is 3.60. The summed E-state index contributed by atoms with van der Waals surface area (Å²) >= 11 is 0. The normalized spacial score (nSPS) is 13.3. The van der Waals surface area contributed by atoms with Crippen LogP contribution in [0.1, 0.15) is 34.5 Å². The minimum Gasteiger partial charge on any atom is -0.493 e. The number of hydrogen-bond acceptors (Lipinski definition) is 6. The molecule has 1 fully saturated rings. The van der Waals surface area contributed by atoms with Gasteiger partial charge in [-0.3, -0.25) is 9.78 Å². The lowest BCUT2D eigenvalue weighted by atomic mass is 10.0. The van der Waals surface area contributed by atoms with Crippen molar-refractivity contribution in [1.82, 2.24) is 24.9 Å². The number of rotatable bonds is 7. The molecule has 1 saturated carbocycles. The van der Waals surface area contributed by atoms with E-state index in [0.717, 1.165) is 24.0 Å². The maximum atomic E-state index is 14.5. The van der Waals surface area contributed by atoms with Crippen LogP contribution in [0, 0.1) is 18.7 Å². The Morgan fingerprint density at radius 3 is 2.94 bits per heavy atom. The van der Waals surface area contributed by atoms with Crippen molar-refractivity contribution in [2.45, 2.75) is 26.3 Å². The van der Waals surface area contributed by atoms with Crippen LogP contribution < -0.4 is 15.8 Å². The van der Waals surface area contributed by atoms with Gasteiger partial charge in [0.25, 0.3) is 5.91 Å². The average molecular weight is 446 g/mol. The number of carbonyl (C=O) groups excluding carboxylic acids is 1. The third-order valence-electron chi connectivity index (χ3n) is 5.69. The van der Waals surface area contributed by atoms with E-state index in [2.05, 4.69) is 20.4 Å². The minimum atomic E-state index is -0.409. The van der Waals surface area contributed by atoms with E-state index in [4.69, 9.17) is 10.5 Å². The van der Waals surface area contributed by atoms with Gasteiger partial charge in [-0.25, -0.2) is 8.91 Å². The van der Waals surface area contributed by atoms with Crippen molar-refractivity contribution >= 4 is 17.5 Å². The first-order valence-electron chi connectivity index (χ1n) is 10.8. The number of hydrogen-bond donors (Lipinski definition) is 2. The zero-order chi connectivity index (χ0) is 22.9. The molecule has 0 spiro atoms. The Hall–Kier alpha value is -4.01. The largest absolute Gasteiger partial charge is 0.493 e. The van der Waals surface area contributed by atoms with Crippen molar-refractivity contribution in [3.63, 3.8) is 0 Å². The maximum Gasteiger partial charge on any atom is 0.253 e. The zero-order valence-corrected chi connectivity index (χ0v) is 18.1. The number of pyridine rings is 2. The van der Waals surface area contributed by atoms with Gasteiger partial charge in [0.2, 0.25) is 5.95 Å². The summed E-state index contributed by atoms with van der Waals surface area (Å²) in [4.78, 5) is 21.5. The topological polar surface area (TPSA) is 107 Å². The van der Waals surface area contributed by atoms with Gasteiger partial charge in [-0.2, -0.15) is 4.98 Å². The molecule has 3 heterocycles. The van der Waals surface area contributed by atoms with E-state index < -0.39 is 5.82 Å². The lowest BCUT2D eigenvalue weighted by molar-refractivity contribution is 0.0949. The van der Waals surface area contributed by atoms with Gasteiger partial charge in [0.1, 0.15) is 11.6 Å². The highest BCUT2D eigenvalue weighted by Gasteiger charge is 2.23. The number of nitrogens with one attached hydrogen (secondary N) is 1. The van der Waals surface area contributed by atoms with E-state index in [9.17, 15) is 9.18 Å². The molecule has 3 aromatic heterocycles. The highest BCUT2D eigenvalue weighted by molar-refractivity contribution is 5.96. The van der Waals surface area contributed by atoms with Gasteiger partial charge in [0, 0.05) is 30.1 Å². The molecule has 3 N–H and O–H groups in total. The van der Waals surface area contributed by atoms with Crippen LogP contribution in [0.15, 0.2) is 48.8 Å². The minimum absolute atomic E-state index is 0.0140. The van der Waals surface area contributed by atoms with Crippen molar-refractivity contribution in [3.05, 3.63) is 71.4 Å². The number of nitrogens with zero attached hydrogens (tertiary/aromatic N) is 4. The number of fused-ring (bicyclic) bond motifs is 1. The molecule has 8 nitrogen and oxygen atoms in total. The van der Waals surface area contributed by atoms with Gasteiger partial charge in [-0.15, -0.1) is 5.10 Å². The van der Waals surface area contributed by atoms with Crippen molar-refractivity contribution in [2.75, 3.05) is 12.3 Å². The first-order chi connectivity index (χ1) is 16.0. The van der Waals surface area contributed by atoms with Crippen LogP contribution in [-0.4, -0.2) is 32.1 Å². The van der Waals surface area contributed by atoms with E-state index in [-0.39, 0.29) is 18.4 Å². The second-order valence-corrected chi connectivity index (χ2v) is 8.20. The van der Waals surface area contributed by atoms with Gasteiger partial charge in [-0.1, -0.05) is 6.07 Å². The molecule has 1 aliphatic rings. The second-order valence-electron chi connectivity index (χ2n) is 8.20. The highest BCUT2D eigenvalue weighted by Crippen LogP contribution is 2.31. The summed E-state index contributed by atoms with van der Waals surface area (Å²) in [6.07, 6.45) is 5.72. The van der Waals surface area contributed by atoms with Crippen molar-refractivity contribution in [1.29, 1.82) is 0 Å². The van der Waals surface area contributed by atoms with Crippen molar-refractivity contribution in [2.24, 2.45) is 5.92 Å². The van der Waals surface area contributed by atoms with E-state index in [0.29, 0.717) is 40.7 Å². The molecule has 1 amide bonds. The summed E-state index contributed by atoms with van der Waals surface area (Å²) in [7, 11) is 0. The number of aryl methyl sites for hydroxylation is 1. The van der Waals surface area contributed by atoms with Gasteiger partial charge >= 0.3 is 0 Å². The second kappa shape index (κ2) is 8.50. The number of benzene rings is 1. The number of aromatic nitrogens is 4. The van der Waals surface area contributed by atoms with E-state index in [1.54, 1.807) is 42.0 Å². The van der Waals surface area contributed by atoms with Crippen LogP contribution in [-0.2, 0) is 6.54 Å². The van der Waals surface area contributed by atoms with Crippen molar-refractivity contribution in [3.8, 4) is 16.9 Å². The van der Waals surface area contributed by atoms with Crippen LogP contribution in [0.4, 0.5) is 10.3 Å². The number of ether oxygens (including phenoxy) is 1. The van der Waals surface area contributed by atoms with Gasteiger partial charge in [0.15, 0.2) is 5.65 Å². The van der Waals surface area contributed by atoms with Crippen LogP contribution >= 0.6 is 0 Å². The third-order valence-corrected chi connectivity index (χ3v) is 5.69. The number of anilines is 1. The monoisotopic (exact) mass is 446 g/mol. The summed E-state index contributed by atoms with van der Waals surface area (Å²) in [5, 5.41) is 6.87. The fraction of sp³-hybridized carbons (Fsp3) is 0.250. The Bertz CT molecular complexity index is 1350. The number of nitrogen functional groups attached to an aromatic ring is 1. The predicted octanol–water partition coefficient (Wildman–Crippen LogP) is 3.54. The highest BCUT2D eigenvalue weighted by atomic mass is 19.1. The zero-order valence-electron chi connectivity index (χ0n) is 18.1. The molecule has 1 aromatic carbocycles. The Morgan fingerprint density at radius 1 is 1.27 bits per heavy atom. The lowest BCUT2D eigenvalue weighted by Crippen LogP contribution is -2.25. The molecule has 0 atom stereocenters. The Kier molecular flexibility index (Phi) is 5.37. The summed E-state index contributed by atoms with van der Waals surface area (Å²) in [5.74, 6) is 0.439. The molecule has 33 heavy (non-hydrogen) atoms. The summed E-state index contributed by atoms with van der Waals surface area (Å²) in [6.45, 7) is 2.34. The molecule has 0 unspecified atom stereocenters. The van der Waals surface area contributed by atoms with Crippen molar-refractivity contribution < 1.29 is 13.9 Å². The molecule has 9 heteroatoms. The number of halogens is 1. The summed E-state index contributed by atoms with van der Waals surface area (Å²) < 4.78 is 21.8. The molecule has 1 aliphatic carbocycles. The first-order valence-corrected chi connectivity index (χ1v) is 10.8. The first kappa shape index (κ1) is 20.9. The summed E-state index contributed by atoms with van der Waals surface area (Å²) in [5.41, 5.74) is 9.13. The summed E-state index contributed by atoms with van der Waals surface area (Å²) in [6, 6.07) is 10.1. The van der Waals surface area contributed by atoms with Gasteiger partial charge in [0.05, 0.1) is 17.9 Å². The number of nitrogens with two attached hydrogens (primary N) is 1. The number of carbonyl (C=O) groups is 1. The molecule has 0 bridgehead atoms. The number of amides is 1. The van der Waals surface area contributed by atoms with Crippen LogP contribution in [0.5, 0.6) is 5.75 Å². The van der Waals surface area contributed by atoms with Gasteiger partial charge in [-0.05, 0) is 61.6 Å². The quantitative estimate of drug-likeness (QED) is 0.450. The molecule has 5 rings (SSSR count). The fourth-order valence-electron chi connectivity index (χ4n) is 3.60. The van der Waals surface area contributed by atoms with Gasteiger partial charge < -0.3 is 15.8 Å². The van der Waals surface area contributed by atoms with E-state index in [1.165, 1.54) is 6.07 Å². The van der Waals surface area contributed by atoms with E-state index in [1.807, 2.05) is 12.1 Å². The molecule has 4 aromatic rings. The Balaban J connectivity index is 1.35. The average Bonchev–Trinajstić information content (AvgIpc) is 3.55. The van der Waals surface area contributed by atoms with E-state index >= 15 is 0 Å². The third kappa shape index (κ3) is 4.48. The molecule has 0 saturated heterocycles. The van der Waals surface area contributed by atoms with Crippen LogP contribution in [0.3, 0.4) is 0 Å².